The third-order valence-corrected chi connectivity index (χ3v) is 9.85. The van der Waals surface area contributed by atoms with Crippen LogP contribution in [0.15, 0.2) is 85.2 Å². The second-order valence-electron chi connectivity index (χ2n) is 13.8. The van der Waals surface area contributed by atoms with Crippen LogP contribution in [0.3, 0.4) is 0 Å². The van der Waals surface area contributed by atoms with Crippen molar-refractivity contribution in [2.45, 2.75) is 38.3 Å². The van der Waals surface area contributed by atoms with Gasteiger partial charge in [-0.1, -0.05) is 31.9 Å². The average Bonchev–Trinajstić information content (AvgIpc) is 3.34. The van der Waals surface area contributed by atoms with E-state index in [0.717, 1.165) is 27.6 Å². The summed E-state index contributed by atoms with van der Waals surface area (Å²) in [5.74, 6) is -2.13. The molecule has 3 rings (SSSR count). The summed E-state index contributed by atoms with van der Waals surface area (Å²) in [7, 11) is 0. The lowest BCUT2D eigenvalue weighted by molar-refractivity contribution is -0.197. The van der Waals surface area contributed by atoms with Crippen molar-refractivity contribution in [3.63, 3.8) is 0 Å². The van der Waals surface area contributed by atoms with Gasteiger partial charge in [0.2, 0.25) is 6.29 Å². The summed E-state index contributed by atoms with van der Waals surface area (Å²) in [4.78, 5) is 60.9. The normalized spacial score (nSPS) is 13.3. The zero-order valence-corrected chi connectivity index (χ0v) is 38.5. The van der Waals surface area contributed by atoms with Gasteiger partial charge in [0, 0.05) is 38.4 Å². The fraction of sp³-hybridized carbons (Fsp3) is 0.478. The van der Waals surface area contributed by atoms with E-state index in [1.165, 1.54) is 11.3 Å². The summed E-state index contributed by atoms with van der Waals surface area (Å²) < 4.78 is 73.5. The Bertz CT molecular complexity index is 2100. The SMILES string of the molecule is C=CC(=O)OCCOCCOC(C)OCC(COC(C)OCCOCCOC(=O)C=C)(COC(C#N)OCCOCCOC(=O)C=C)NC(=O)COc1ccc2sc3ccccc3c(=O)c2c1. The molecular formula is C46H58N2O18S. The van der Waals surface area contributed by atoms with Crippen molar-refractivity contribution in [1.82, 2.24) is 5.32 Å². The molecule has 0 aliphatic rings. The van der Waals surface area contributed by atoms with E-state index < -0.39 is 61.4 Å². The molecule has 21 heteroatoms. The van der Waals surface area contributed by atoms with E-state index in [1.54, 1.807) is 44.2 Å². The second-order valence-corrected chi connectivity index (χ2v) is 14.9. The molecule has 3 aromatic rings. The number of hydrogen-bond acceptors (Lipinski definition) is 20. The third kappa shape index (κ3) is 22.1. The Morgan fingerprint density at radius 2 is 1.12 bits per heavy atom. The van der Waals surface area contributed by atoms with Crippen molar-refractivity contribution in [2.24, 2.45) is 0 Å². The van der Waals surface area contributed by atoms with Crippen molar-refractivity contribution in [2.75, 3.05) is 106 Å². The Morgan fingerprint density at radius 3 is 1.64 bits per heavy atom. The van der Waals surface area contributed by atoms with Crippen LogP contribution in [0.25, 0.3) is 20.2 Å². The molecule has 3 unspecified atom stereocenters. The summed E-state index contributed by atoms with van der Waals surface area (Å²) >= 11 is 1.45. The summed E-state index contributed by atoms with van der Waals surface area (Å²) in [5.41, 5.74) is -1.74. The fourth-order valence-corrected chi connectivity index (χ4v) is 6.49. The minimum absolute atomic E-state index is 0.0159. The quantitative estimate of drug-likeness (QED) is 0.0217. The van der Waals surface area contributed by atoms with E-state index >= 15 is 0 Å². The minimum atomic E-state index is -1.57. The first-order valence-corrected chi connectivity index (χ1v) is 21.8. The average molecular weight is 959 g/mol. The first-order chi connectivity index (χ1) is 32.4. The van der Waals surface area contributed by atoms with E-state index in [9.17, 15) is 29.2 Å². The first kappa shape index (κ1) is 55.7. The number of nitriles is 1. The van der Waals surface area contributed by atoms with E-state index in [4.69, 9.17) is 61.6 Å². The summed E-state index contributed by atoms with van der Waals surface area (Å²) in [6.07, 6.45) is -0.105. The van der Waals surface area contributed by atoms with E-state index in [1.807, 2.05) is 18.2 Å². The zero-order chi connectivity index (χ0) is 48.7. The molecule has 1 amide bonds. The molecule has 0 fully saturated rings. The van der Waals surface area contributed by atoms with Gasteiger partial charge in [-0.3, -0.25) is 9.59 Å². The number of rotatable bonds is 37. The smallest absolute Gasteiger partial charge is 0.330 e. The van der Waals surface area contributed by atoms with Crippen molar-refractivity contribution in [1.29, 1.82) is 5.26 Å². The Kier molecular flexibility index (Phi) is 26.7. The molecule has 1 aromatic heterocycles. The number of hydrogen-bond donors (Lipinski definition) is 1. The second kappa shape index (κ2) is 32.1. The number of carbonyl (C=O) groups excluding carboxylic acids is 4. The summed E-state index contributed by atoms with van der Waals surface area (Å²) in [6, 6.07) is 14.2. The van der Waals surface area contributed by atoms with Gasteiger partial charge in [-0.15, -0.1) is 11.3 Å². The van der Waals surface area contributed by atoms with Gasteiger partial charge in [0.25, 0.3) is 5.91 Å². The molecule has 1 heterocycles. The van der Waals surface area contributed by atoms with Crippen LogP contribution < -0.4 is 15.5 Å². The highest BCUT2D eigenvalue weighted by molar-refractivity contribution is 7.24. The Labute approximate surface area is 392 Å². The highest BCUT2D eigenvalue weighted by Crippen LogP contribution is 2.27. The summed E-state index contributed by atoms with van der Waals surface area (Å²) in [6.45, 7) is 12.4. The predicted octanol–water partition coefficient (Wildman–Crippen LogP) is 3.53. The van der Waals surface area contributed by atoms with Crippen LogP contribution in [0.4, 0.5) is 0 Å². The Balaban J connectivity index is 1.75. The van der Waals surface area contributed by atoms with Crippen LogP contribution in [-0.4, -0.2) is 154 Å². The van der Waals surface area contributed by atoms with E-state index in [2.05, 4.69) is 25.1 Å². The Morgan fingerprint density at radius 1 is 0.642 bits per heavy atom. The third-order valence-electron chi connectivity index (χ3n) is 8.70. The van der Waals surface area contributed by atoms with Crippen LogP contribution in [0.5, 0.6) is 5.75 Å². The number of nitrogens with one attached hydrogen (secondary N) is 1. The van der Waals surface area contributed by atoms with Gasteiger partial charge in [-0.25, -0.2) is 14.4 Å². The number of nitrogens with zero attached hydrogens (tertiary/aromatic N) is 1. The summed E-state index contributed by atoms with van der Waals surface area (Å²) in [5, 5.41) is 13.8. The van der Waals surface area contributed by atoms with Gasteiger partial charge in [0.15, 0.2) is 24.6 Å². The van der Waals surface area contributed by atoms with Gasteiger partial charge >= 0.3 is 17.9 Å². The highest BCUT2D eigenvalue weighted by Gasteiger charge is 2.36. The van der Waals surface area contributed by atoms with Crippen LogP contribution in [0.1, 0.15) is 13.8 Å². The molecule has 366 valence electrons. The molecule has 1 N–H and O–H groups in total. The van der Waals surface area contributed by atoms with Crippen LogP contribution >= 0.6 is 11.3 Å². The maximum Gasteiger partial charge on any atom is 0.330 e. The number of amides is 1. The Hall–Kier alpha value is -5.64. The van der Waals surface area contributed by atoms with Crippen molar-refractivity contribution < 1.29 is 80.8 Å². The van der Waals surface area contributed by atoms with Crippen LogP contribution in [0, 0.1) is 11.3 Å². The highest BCUT2D eigenvalue weighted by atomic mass is 32.1. The molecule has 0 spiro atoms. The topological polar surface area (TPSA) is 241 Å². The zero-order valence-electron chi connectivity index (χ0n) is 37.6. The number of fused-ring (bicyclic) bond motifs is 2. The van der Waals surface area contributed by atoms with Crippen LogP contribution in [-0.2, 0) is 76.0 Å². The van der Waals surface area contributed by atoms with Crippen LogP contribution in [0.2, 0.25) is 0 Å². The molecule has 0 aliphatic carbocycles. The van der Waals surface area contributed by atoms with Crippen molar-refractivity contribution in [3.8, 4) is 11.8 Å². The number of carbonyl (C=O) groups is 4. The number of esters is 3. The monoisotopic (exact) mass is 958 g/mol. The predicted molar refractivity (Wildman–Crippen MR) is 242 cm³/mol. The standard InChI is InChI=1S/C46H58N2O18S/c1-6-41(50)59-23-17-54-15-21-57-33(4)64-30-46(31-65-34(5)58-22-16-55-18-24-60-42(51)7-2,32-66-44(28-47)62-26-20-56-19-25-61-43(52)8-3)48-40(49)29-63-35-13-14-39-37(27-35)45(53)36-11-9-10-12-38(36)67-39/h6-14,27,33-34,44H,1-3,15-26,29-32H2,4-5H3,(H,48,49). The fourth-order valence-electron chi connectivity index (χ4n) is 5.44. The lowest BCUT2D eigenvalue weighted by atomic mass is 10.0. The molecule has 2 aromatic carbocycles. The number of ether oxygens (including phenoxy) is 13. The molecule has 3 atom stereocenters. The van der Waals surface area contributed by atoms with Gasteiger partial charge in [-0.05, 0) is 44.2 Å². The molecule has 67 heavy (non-hydrogen) atoms. The van der Waals surface area contributed by atoms with Gasteiger partial charge in [-0.2, -0.15) is 5.26 Å². The molecule has 0 radical (unpaired) electrons. The molecule has 0 saturated carbocycles. The first-order valence-electron chi connectivity index (χ1n) is 21.0. The lowest BCUT2D eigenvalue weighted by Crippen LogP contribution is -2.60. The minimum Gasteiger partial charge on any atom is -0.484 e. The lowest BCUT2D eigenvalue weighted by Gasteiger charge is -2.36. The maximum atomic E-state index is 13.8. The van der Waals surface area contributed by atoms with Gasteiger partial charge in [0.05, 0.1) is 79.3 Å². The van der Waals surface area contributed by atoms with Crippen molar-refractivity contribution in [3.05, 3.63) is 90.7 Å². The largest absolute Gasteiger partial charge is 0.484 e. The maximum absolute atomic E-state index is 13.8. The molecule has 20 nitrogen and oxygen atoms in total. The number of benzene rings is 2. The molecule has 0 bridgehead atoms. The van der Waals surface area contributed by atoms with Gasteiger partial charge in [0.1, 0.15) is 37.2 Å². The van der Waals surface area contributed by atoms with E-state index in [-0.39, 0.29) is 104 Å². The van der Waals surface area contributed by atoms with E-state index in [0.29, 0.717) is 10.8 Å². The molecule has 0 aliphatic heterocycles. The van der Waals surface area contributed by atoms with Crippen molar-refractivity contribution >= 4 is 55.3 Å². The van der Waals surface area contributed by atoms with Gasteiger partial charge < -0.3 is 66.9 Å². The molecular weight excluding hydrogens is 901 g/mol. The molecule has 0 saturated heterocycles.